The zero-order chi connectivity index (χ0) is 20.3. The van der Waals surface area contributed by atoms with Crippen molar-refractivity contribution in [3.63, 3.8) is 0 Å². The Kier molecular flexibility index (Phi) is 5.66. The number of carbonyl (C=O) groups excluding carboxylic acids is 1. The van der Waals surface area contributed by atoms with Gasteiger partial charge in [-0.05, 0) is 36.4 Å². The molecule has 0 fully saturated rings. The second kappa shape index (κ2) is 7.99. The molecule has 146 valence electrons. The van der Waals surface area contributed by atoms with Gasteiger partial charge < -0.3 is 9.47 Å². The highest BCUT2D eigenvalue weighted by Crippen LogP contribution is 2.28. The van der Waals surface area contributed by atoms with Gasteiger partial charge in [0.05, 0.1) is 29.3 Å². The molecular formula is C19H18N2O5S2. The van der Waals surface area contributed by atoms with E-state index in [0.29, 0.717) is 26.8 Å². The molecule has 1 heterocycles. The summed E-state index contributed by atoms with van der Waals surface area (Å²) in [6.45, 7) is 0. The molecule has 0 atom stereocenters. The lowest BCUT2D eigenvalue weighted by atomic mass is 10.1. The number of carbonyl (C=O) groups is 1. The maximum atomic E-state index is 12.2. The molecule has 9 heteroatoms. The van der Waals surface area contributed by atoms with Crippen LogP contribution >= 0.6 is 11.3 Å². The van der Waals surface area contributed by atoms with E-state index in [1.54, 1.807) is 43.5 Å². The SMILES string of the molecule is COc1ccc(/C=C/C(=O)Nc2nc3ccc(S(C)(=O)=O)cc3s2)c(OC)c1. The number of rotatable bonds is 6. The second-order valence-electron chi connectivity index (χ2n) is 5.85. The molecule has 0 aliphatic rings. The van der Waals surface area contributed by atoms with Crippen LogP contribution in [0.3, 0.4) is 0 Å². The number of sulfone groups is 1. The third-order valence-corrected chi connectivity index (χ3v) is 5.92. The van der Waals surface area contributed by atoms with Crippen molar-refractivity contribution in [2.45, 2.75) is 4.90 Å². The maximum absolute atomic E-state index is 12.2. The summed E-state index contributed by atoms with van der Waals surface area (Å²) in [5.41, 5.74) is 1.34. The molecule has 0 saturated carbocycles. The average Bonchev–Trinajstić information content (AvgIpc) is 3.06. The van der Waals surface area contributed by atoms with Crippen molar-refractivity contribution in [2.75, 3.05) is 25.8 Å². The molecule has 1 aromatic heterocycles. The van der Waals surface area contributed by atoms with Crippen molar-refractivity contribution < 1.29 is 22.7 Å². The van der Waals surface area contributed by atoms with E-state index in [0.717, 1.165) is 11.8 Å². The summed E-state index contributed by atoms with van der Waals surface area (Å²) < 4.78 is 34.4. The fraction of sp³-hybridized carbons (Fsp3) is 0.158. The fourth-order valence-electron chi connectivity index (χ4n) is 2.46. The number of benzene rings is 2. The summed E-state index contributed by atoms with van der Waals surface area (Å²) in [7, 11) is -0.196. The lowest BCUT2D eigenvalue weighted by molar-refractivity contribution is -0.111. The van der Waals surface area contributed by atoms with Crippen LogP contribution in [-0.4, -0.2) is 39.8 Å². The number of methoxy groups -OCH3 is 2. The molecular weight excluding hydrogens is 400 g/mol. The van der Waals surface area contributed by atoms with Gasteiger partial charge in [0, 0.05) is 24.0 Å². The molecule has 0 unspecified atom stereocenters. The van der Waals surface area contributed by atoms with E-state index in [1.165, 1.54) is 30.6 Å². The summed E-state index contributed by atoms with van der Waals surface area (Å²) in [5, 5.41) is 3.07. The number of nitrogens with one attached hydrogen (secondary N) is 1. The summed E-state index contributed by atoms with van der Waals surface area (Å²) in [5.74, 6) is 0.873. The van der Waals surface area contributed by atoms with Crippen molar-refractivity contribution in [2.24, 2.45) is 0 Å². The Hall–Kier alpha value is -2.91. The molecule has 2 aromatic carbocycles. The Morgan fingerprint density at radius 2 is 1.93 bits per heavy atom. The zero-order valence-corrected chi connectivity index (χ0v) is 17.1. The molecule has 0 saturated heterocycles. The number of anilines is 1. The van der Waals surface area contributed by atoms with Gasteiger partial charge >= 0.3 is 0 Å². The highest BCUT2D eigenvalue weighted by Gasteiger charge is 2.11. The van der Waals surface area contributed by atoms with Crippen molar-refractivity contribution in [3.05, 3.63) is 48.0 Å². The van der Waals surface area contributed by atoms with Crippen molar-refractivity contribution in [1.29, 1.82) is 0 Å². The molecule has 0 spiro atoms. The van der Waals surface area contributed by atoms with E-state index in [2.05, 4.69) is 10.3 Å². The quantitative estimate of drug-likeness (QED) is 0.617. The number of fused-ring (bicyclic) bond motifs is 1. The van der Waals surface area contributed by atoms with Gasteiger partial charge in [-0.25, -0.2) is 13.4 Å². The van der Waals surface area contributed by atoms with Gasteiger partial charge in [-0.15, -0.1) is 0 Å². The number of aromatic nitrogens is 1. The van der Waals surface area contributed by atoms with Crippen LogP contribution in [0.4, 0.5) is 5.13 Å². The number of hydrogen-bond donors (Lipinski definition) is 1. The summed E-state index contributed by atoms with van der Waals surface area (Å²) in [4.78, 5) is 16.7. The first-order chi connectivity index (χ1) is 13.3. The Bertz CT molecular complexity index is 1170. The van der Waals surface area contributed by atoms with Crippen LogP contribution in [0.1, 0.15) is 5.56 Å². The Labute approximate surface area is 166 Å². The third kappa shape index (κ3) is 4.49. The molecule has 3 rings (SSSR count). The lowest BCUT2D eigenvalue weighted by Crippen LogP contribution is -2.07. The predicted octanol–water partition coefficient (Wildman–Crippen LogP) is 3.37. The molecule has 7 nitrogen and oxygen atoms in total. The van der Waals surface area contributed by atoms with Gasteiger partial charge in [0.25, 0.3) is 0 Å². The van der Waals surface area contributed by atoms with Gasteiger partial charge in [-0.1, -0.05) is 11.3 Å². The minimum absolute atomic E-state index is 0.216. The predicted molar refractivity (Wildman–Crippen MR) is 110 cm³/mol. The normalized spacial score (nSPS) is 11.7. The van der Waals surface area contributed by atoms with Crippen molar-refractivity contribution in [3.8, 4) is 11.5 Å². The molecule has 0 aliphatic carbocycles. The number of amides is 1. The molecule has 1 amide bonds. The molecule has 3 aromatic rings. The summed E-state index contributed by atoms with van der Waals surface area (Å²) in [6, 6.07) is 9.95. The minimum Gasteiger partial charge on any atom is -0.497 e. The van der Waals surface area contributed by atoms with Gasteiger partial charge in [0.15, 0.2) is 15.0 Å². The molecule has 0 radical (unpaired) electrons. The van der Waals surface area contributed by atoms with Gasteiger partial charge in [0.1, 0.15) is 11.5 Å². The average molecular weight is 418 g/mol. The number of ether oxygens (including phenoxy) is 2. The number of hydrogen-bond acceptors (Lipinski definition) is 7. The van der Waals surface area contributed by atoms with Crippen LogP contribution in [0, 0.1) is 0 Å². The largest absolute Gasteiger partial charge is 0.497 e. The highest BCUT2D eigenvalue weighted by molar-refractivity contribution is 7.90. The first-order valence-electron chi connectivity index (χ1n) is 8.12. The van der Waals surface area contributed by atoms with E-state index in [4.69, 9.17) is 9.47 Å². The zero-order valence-electron chi connectivity index (χ0n) is 15.4. The van der Waals surface area contributed by atoms with Gasteiger partial charge in [0.2, 0.25) is 5.91 Å². The maximum Gasteiger partial charge on any atom is 0.250 e. The van der Waals surface area contributed by atoms with Gasteiger partial charge in [-0.3, -0.25) is 10.1 Å². The topological polar surface area (TPSA) is 94.6 Å². The Balaban J connectivity index is 1.77. The van der Waals surface area contributed by atoms with E-state index < -0.39 is 9.84 Å². The first-order valence-corrected chi connectivity index (χ1v) is 10.8. The van der Waals surface area contributed by atoms with Crippen LogP contribution in [-0.2, 0) is 14.6 Å². The van der Waals surface area contributed by atoms with Crippen molar-refractivity contribution in [1.82, 2.24) is 4.98 Å². The van der Waals surface area contributed by atoms with Crippen LogP contribution in [0.25, 0.3) is 16.3 Å². The fourth-order valence-corrected chi connectivity index (χ4v) is 4.09. The minimum atomic E-state index is -3.30. The van der Waals surface area contributed by atoms with E-state index >= 15 is 0 Å². The lowest BCUT2D eigenvalue weighted by Gasteiger charge is -2.07. The van der Waals surface area contributed by atoms with E-state index in [1.807, 2.05) is 0 Å². The first kappa shape index (κ1) is 19.8. The molecule has 1 N–H and O–H groups in total. The van der Waals surface area contributed by atoms with Gasteiger partial charge in [-0.2, -0.15) is 0 Å². The van der Waals surface area contributed by atoms with Crippen LogP contribution in [0.5, 0.6) is 11.5 Å². The third-order valence-electron chi connectivity index (χ3n) is 3.87. The van der Waals surface area contributed by atoms with Crippen LogP contribution < -0.4 is 14.8 Å². The Morgan fingerprint density at radius 1 is 1.14 bits per heavy atom. The molecule has 28 heavy (non-hydrogen) atoms. The second-order valence-corrected chi connectivity index (χ2v) is 8.90. The smallest absolute Gasteiger partial charge is 0.250 e. The van der Waals surface area contributed by atoms with Crippen molar-refractivity contribution >= 4 is 48.5 Å². The number of nitrogens with zero attached hydrogens (tertiary/aromatic N) is 1. The molecule has 0 aliphatic heterocycles. The monoisotopic (exact) mass is 418 g/mol. The highest BCUT2D eigenvalue weighted by atomic mass is 32.2. The summed E-state index contributed by atoms with van der Waals surface area (Å²) >= 11 is 1.21. The molecule has 0 bridgehead atoms. The van der Waals surface area contributed by atoms with Crippen LogP contribution in [0.2, 0.25) is 0 Å². The van der Waals surface area contributed by atoms with Crippen LogP contribution in [0.15, 0.2) is 47.4 Å². The standard InChI is InChI=1S/C19H18N2O5S2/c1-25-13-6-4-12(16(10-13)26-2)5-9-18(22)21-19-20-15-8-7-14(28(3,23)24)11-17(15)27-19/h4-11H,1-3H3,(H,20,21,22)/b9-5+. The Morgan fingerprint density at radius 3 is 2.61 bits per heavy atom. The van der Waals surface area contributed by atoms with E-state index in [-0.39, 0.29) is 10.8 Å². The summed E-state index contributed by atoms with van der Waals surface area (Å²) in [6.07, 6.45) is 4.15. The van der Waals surface area contributed by atoms with E-state index in [9.17, 15) is 13.2 Å². The number of thiazole rings is 1.